The molecule has 0 fully saturated rings. The number of ether oxygens (including phenoxy) is 3. The third-order valence-electron chi connectivity index (χ3n) is 5.21. The number of hydrogen-bond acceptors (Lipinski definition) is 9. The Bertz CT molecular complexity index is 1300. The fourth-order valence-electron chi connectivity index (χ4n) is 3.83. The van der Waals surface area contributed by atoms with Gasteiger partial charge in [-0.1, -0.05) is 18.2 Å². The molecular weight excluding hydrogens is 476 g/mol. The molecule has 11 heteroatoms. The van der Waals surface area contributed by atoms with Gasteiger partial charge in [-0.05, 0) is 51.1 Å². The van der Waals surface area contributed by atoms with E-state index in [1.165, 1.54) is 37.5 Å². The molecule has 1 unspecified atom stereocenters. The number of amidine groups is 1. The summed E-state index contributed by atoms with van der Waals surface area (Å²) in [6.45, 7) is 5.09. The molecule has 0 aromatic heterocycles. The number of carbonyl (C=O) groups excluding carboxylic acids is 3. The highest BCUT2D eigenvalue weighted by Crippen LogP contribution is 2.46. The Morgan fingerprint density at radius 3 is 2.11 bits per heavy atom. The molecule has 1 aliphatic heterocycles. The van der Waals surface area contributed by atoms with Gasteiger partial charge in [0.05, 0.1) is 37.3 Å². The molecule has 3 rings (SSSR count). The predicted molar refractivity (Wildman–Crippen MR) is 126 cm³/mol. The molecular formula is C24H26N2O8S. The van der Waals surface area contributed by atoms with E-state index in [9.17, 15) is 22.8 Å². The van der Waals surface area contributed by atoms with Gasteiger partial charge in [0.1, 0.15) is 11.1 Å². The van der Waals surface area contributed by atoms with Crippen LogP contribution >= 0.6 is 0 Å². The maximum atomic E-state index is 14.1. The van der Waals surface area contributed by atoms with Crippen molar-refractivity contribution >= 4 is 33.6 Å². The highest BCUT2D eigenvalue weighted by Gasteiger charge is 2.59. The number of nitrogens with zero attached hydrogens (tertiary/aromatic N) is 2. The minimum absolute atomic E-state index is 0.131. The van der Waals surface area contributed by atoms with Crippen LogP contribution in [0, 0.1) is 0 Å². The number of aliphatic imine (C=N–C) groups is 1. The highest BCUT2D eigenvalue weighted by atomic mass is 32.2. The zero-order valence-corrected chi connectivity index (χ0v) is 21.0. The molecule has 2 aliphatic rings. The molecule has 0 amide bonds. The van der Waals surface area contributed by atoms with Crippen LogP contribution in [-0.4, -0.2) is 68.7 Å². The Morgan fingerprint density at radius 2 is 1.60 bits per heavy atom. The molecule has 0 radical (unpaired) electrons. The topological polar surface area (TPSA) is 129 Å². The fraction of sp³-hybridized carbons (Fsp3) is 0.333. The molecule has 1 atom stereocenters. The monoisotopic (exact) mass is 502 g/mol. The number of carbonyl (C=O) groups is 3. The summed E-state index contributed by atoms with van der Waals surface area (Å²) in [6.07, 6.45) is 3.44. The molecule has 0 N–H and O–H groups in total. The SMILES string of the molecule is COC(=O)C1=C(C(=O)OC)C2(C=CC(=O)C(OC)=C2)N(S(=O)(=O)c2ccccc2)C1=NC(C)(C)C. The number of methoxy groups -OCH3 is 3. The van der Waals surface area contributed by atoms with Crippen LogP contribution in [0.1, 0.15) is 20.8 Å². The van der Waals surface area contributed by atoms with Gasteiger partial charge in [-0.15, -0.1) is 0 Å². The fourth-order valence-corrected chi connectivity index (χ4v) is 5.50. The number of rotatable bonds is 5. The molecule has 1 heterocycles. The van der Waals surface area contributed by atoms with E-state index in [-0.39, 0.29) is 22.1 Å². The summed E-state index contributed by atoms with van der Waals surface area (Å²) < 4.78 is 44.1. The van der Waals surface area contributed by atoms with Crippen LogP contribution in [0.25, 0.3) is 0 Å². The Labute approximate surface area is 203 Å². The Morgan fingerprint density at radius 1 is 1.00 bits per heavy atom. The molecule has 1 spiro atoms. The number of sulfonamides is 1. The Kier molecular flexibility index (Phi) is 6.76. The van der Waals surface area contributed by atoms with Gasteiger partial charge in [0.2, 0.25) is 5.78 Å². The van der Waals surface area contributed by atoms with Crippen molar-refractivity contribution in [3.05, 3.63) is 65.5 Å². The predicted octanol–water partition coefficient (Wildman–Crippen LogP) is 1.94. The highest BCUT2D eigenvalue weighted by molar-refractivity contribution is 7.89. The number of esters is 2. The summed E-state index contributed by atoms with van der Waals surface area (Å²) in [6, 6.07) is 7.43. The number of hydrogen-bond donors (Lipinski definition) is 0. The molecule has 10 nitrogen and oxygen atoms in total. The molecule has 0 saturated heterocycles. The van der Waals surface area contributed by atoms with Crippen molar-refractivity contribution in [1.29, 1.82) is 0 Å². The van der Waals surface area contributed by atoms with Gasteiger partial charge in [-0.25, -0.2) is 22.3 Å². The maximum Gasteiger partial charge on any atom is 0.342 e. The molecule has 186 valence electrons. The first-order chi connectivity index (χ1) is 16.3. The van der Waals surface area contributed by atoms with E-state index in [1.807, 2.05) is 0 Å². The van der Waals surface area contributed by atoms with E-state index in [4.69, 9.17) is 14.2 Å². The molecule has 0 bridgehead atoms. The maximum absolute atomic E-state index is 14.1. The summed E-state index contributed by atoms with van der Waals surface area (Å²) in [5.74, 6) is -3.14. The van der Waals surface area contributed by atoms with E-state index in [2.05, 4.69) is 4.99 Å². The third-order valence-corrected chi connectivity index (χ3v) is 7.03. The van der Waals surface area contributed by atoms with Crippen LogP contribution in [0.4, 0.5) is 0 Å². The van der Waals surface area contributed by atoms with E-state index in [0.29, 0.717) is 0 Å². The van der Waals surface area contributed by atoms with Gasteiger partial charge < -0.3 is 14.2 Å². The zero-order valence-electron chi connectivity index (χ0n) is 20.2. The van der Waals surface area contributed by atoms with Gasteiger partial charge in [0, 0.05) is 0 Å². The molecule has 35 heavy (non-hydrogen) atoms. The van der Waals surface area contributed by atoms with Gasteiger partial charge in [-0.2, -0.15) is 0 Å². The summed E-state index contributed by atoms with van der Waals surface area (Å²) in [4.78, 5) is 43.0. The standard InChI is InChI=1S/C24H26N2O8S/c1-23(2,3)25-20-18(21(28)33-5)19(22(29)34-6)24(13-12-16(27)17(14-24)32-4)26(20)35(30,31)15-10-8-7-9-11-15/h7-14H,1-6H3. The van der Waals surface area contributed by atoms with Gasteiger partial charge in [-0.3, -0.25) is 9.79 Å². The zero-order chi connectivity index (χ0) is 26.2. The molecule has 1 aromatic carbocycles. The first-order valence-electron chi connectivity index (χ1n) is 10.5. The van der Waals surface area contributed by atoms with Crippen molar-refractivity contribution in [1.82, 2.24) is 4.31 Å². The van der Waals surface area contributed by atoms with Crippen LogP contribution in [-0.2, 0) is 38.6 Å². The second-order valence-corrected chi connectivity index (χ2v) is 10.4. The van der Waals surface area contributed by atoms with Crippen LogP contribution in [0.3, 0.4) is 0 Å². The minimum Gasteiger partial charge on any atom is -0.493 e. The second-order valence-electron chi connectivity index (χ2n) is 8.66. The summed E-state index contributed by atoms with van der Waals surface area (Å²) >= 11 is 0. The third kappa shape index (κ3) is 4.39. The van der Waals surface area contributed by atoms with Crippen molar-refractivity contribution in [3.8, 4) is 0 Å². The minimum atomic E-state index is -4.48. The normalized spacial score (nSPS) is 21.4. The largest absolute Gasteiger partial charge is 0.493 e. The molecule has 1 aliphatic carbocycles. The average Bonchev–Trinajstić information content (AvgIpc) is 3.08. The van der Waals surface area contributed by atoms with E-state index >= 15 is 0 Å². The average molecular weight is 503 g/mol. The summed E-state index contributed by atoms with van der Waals surface area (Å²) in [5.41, 5.74) is -3.69. The van der Waals surface area contributed by atoms with Crippen LogP contribution in [0.2, 0.25) is 0 Å². The van der Waals surface area contributed by atoms with E-state index < -0.39 is 44.4 Å². The Balaban J connectivity index is 2.57. The van der Waals surface area contributed by atoms with Crippen LogP contribution in [0.5, 0.6) is 0 Å². The van der Waals surface area contributed by atoms with Crippen molar-refractivity contribution in [3.63, 3.8) is 0 Å². The molecule has 1 aromatic rings. The smallest absolute Gasteiger partial charge is 0.342 e. The van der Waals surface area contributed by atoms with Gasteiger partial charge in [0.25, 0.3) is 10.0 Å². The van der Waals surface area contributed by atoms with E-state index in [1.54, 1.807) is 26.8 Å². The quantitative estimate of drug-likeness (QED) is 0.559. The lowest BCUT2D eigenvalue weighted by Gasteiger charge is -2.37. The van der Waals surface area contributed by atoms with Crippen LogP contribution < -0.4 is 0 Å². The summed E-state index contributed by atoms with van der Waals surface area (Å²) in [5, 5.41) is 0. The van der Waals surface area contributed by atoms with Gasteiger partial charge >= 0.3 is 11.9 Å². The lowest BCUT2D eigenvalue weighted by molar-refractivity contribution is -0.139. The van der Waals surface area contributed by atoms with Crippen molar-refractivity contribution in [2.45, 2.75) is 36.7 Å². The summed E-state index contributed by atoms with van der Waals surface area (Å²) in [7, 11) is -1.07. The first kappa shape index (κ1) is 25.9. The second kappa shape index (κ2) is 9.14. The lowest BCUT2D eigenvalue weighted by Crippen LogP contribution is -2.52. The lowest BCUT2D eigenvalue weighted by atomic mass is 9.85. The van der Waals surface area contributed by atoms with Crippen LogP contribution in [0.15, 0.2) is 75.4 Å². The van der Waals surface area contributed by atoms with Crippen molar-refractivity contribution in [2.75, 3.05) is 21.3 Å². The van der Waals surface area contributed by atoms with Gasteiger partial charge in [0.15, 0.2) is 11.6 Å². The first-order valence-corrected chi connectivity index (χ1v) is 11.9. The number of ketones is 1. The number of allylic oxidation sites excluding steroid dienone is 1. The van der Waals surface area contributed by atoms with E-state index in [0.717, 1.165) is 30.7 Å². The molecule has 0 saturated carbocycles. The number of benzene rings is 1. The van der Waals surface area contributed by atoms with Crippen molar-refractivity contribution < 1.29 is 37.0 Å². The van der Waals surface area contributed by atoms with Crippen molar-refractivity contribution in [2.24, 2.45) is 4.99 Å². The Hall–Kier alpha value is -3.73.